The minimum Gasteiger partial charge on any atom is -0.381 e. The van der Waals surface area contributed by atoms with Gasteiger partial charge in [0, 0.05) is 25.4 Å². The lowest BCUT2D eigenvalue weighted by Gasteiger charge is -2.13. The molecular formula is C16H24N2OS. The van der Waals surface area contributed by atoms with Crippen LogP contribution in [0.25, 0.3) is 0 Å². The normalized spacial score (nSPS) is 14.1. The third kappa shape index (κ3) is 5.47. The summed E-state index contributed by atoms with van der Waals surface area (Å²) >= 11 is 5.31. The van der Waals surface area contributed by atoms with Crippen LogP contribution in [-0.2, 0) is 4.74 Å². The van der Waals surface area contributed by atoms with Gasteiger partial charge in [-0.1, -0.05) is 12.1 Å². The Hall–Kier alpha value is -1.13. The summed E-state index contributed by atoms with van der Waals surface area (Å²) in [5, 5.41) is 7.15. The molecule has 110 valence electrons. The maximum Gasteiger partial charge on any atom is 0.170 e. The van der Waals surface area contributed by atoms with E-state index in [1.807, 2.05) is 0 Å². The standard InChI is InChI=1S/C16H24N2OS/c1-12-4-5-13(2)15(10-12)18-16(20)17-8-3-9-19-11-14-6-7-14/h4-5,10,14H,3,6-9,11H2,1-2H3,(H2,17,18,20). The molecule has 0 heterocycles. The summed E-state index contributed by atoms with van der Waals surface area (Å²) < 4.78 is 5.59. The predicted octanol–water partition coefficient (Wildman–Crippen LogP) is 3.41. The first-order valence-corrected chi connectivity index (χ1v) is 7.76. The van der Waals surface area contributed by atoms with Gasteiger partial charge in [0.05, 0.1) is 0 Å². The second-order valence-corrected chi connectivity index (χ2v) is 5.98. The summed E-state index contributed by atoms with van der Waals surface area (Å²) in [6.07, 6.45) is 3.69. The number of anilines is 1. The van der Waals surface area contributed by atoms with Crippen LogP contribution >= 0.6 is 12.2 Å². The van der Waals surface area contributed by atoms with Crippen LogP contribution in [0, 0.1) is 19.8 Å². The Morgan fingerprint density at radius 3 is 2.90 bits per heavy atom. The Balaban J connectivity index is 1.60. The molecule has 0 saturated heterocycles. The molecule has 3 nitrogen and oxygen atoms in total. The maximum absolute atomic E-state index is 5.59. The van der Waals surface area contributed by atoms with E-state index in [-0.39, 0.29) is 0 Å². The van der Waals surface area contributed by atoms with Crippen LogP contribution in [0.15, 0.2) is 18.2 Å². The summed E-state index contributed by atoms with van der Waals surface area (Å²) in [5.41, 5.74) is 3.51. The fourth-order valence-corrected chi connectivity index (χ4v) is 2.16. The van der Waals surface area contributed by atoms with E-state index in [2.05, 4.69) is 42.7 Å². The Bertz CT molecular complexity index is 458. The van der Waals surface area contributed by atoms with Gasteiger partial charge in [-0.3, -0.25) is 0 Å². The number of ether oxygens (including phenoxy) is 1. The molecule has 0 unspecified atom stereocenters. The molecule has 0 aliphatic heterocycles. The Morgan fingerprint density at radius 1 is 1.35 bits per heavy atom. The van der Waals surface area contributed by atoms with Gasteiger partial charge < -0.3 is 15.4 Å². The van der Waals surface area contributed by atoms with Crippen molar-refractivity contribution in [2.45, 2.75) is 33.1 Å². The van der Waals surface area contributed by atoms with E-state index in [1.165, 1.54) is 24.0 Å². The van der Waals surface area contributed by atoms with Crippen molar-refractivity contribution in [2.24, 2.45) is 5.92 Å². The van der Waals surface area contributed by atoms with Crippen LogP contribution in [0.2, 0.25) is 0 Å². The van der Waals surface area contributed by atoms with Gasteiger partial charge in [-0.15, -0.1) is 0 Å². The molecule has 0 atom stereocenters. The van der Waals surface area contributed by atoms with Gasteiger partial charge in [0.25, 0.3) is 0 Å². The fraction of sp³-hybridized carbons (Fsp3) is 0.562. The molecule has 2 N–H and O–H groups in total. The van der Waals surface area contributed by atoms with Gasteiger partial charge in [0.2, 0.25) is 0 Å². The minimum atomic E-state index is 0.681. The molecule has 0 spiro atoms. The van der Waals surface area contributed by atoms with Gasteiger partial charge in [-0.2, -0.15) is 0 Å². The van der Waals surface area contributed by atoms with Crippen LogP contribution in [0.5, 0.6) is 0 Å². The van der Waals surface area contributed by atoms with Crippen molar-refractivity contribution in [3.05, 3.63) is 29.3 Å². The highest BCUT2D eigenvalue weighted by atomic mass is 32.1. The van der Waals surface area contributed by atoms with Crippen LogP contribution < -0.4 is 10.6 Å². The van der Waals surface area contributed by atoms with Gasteiger partial charge in [0.15, 0.2) is 5.11 Å². The number of rotatable bonds is 7. The van der Waals surface area contributed by atoms with Crippen molar-refractivity contribution >= 4 is 23.0 Å². The molecule has 4 heteroatoms. The fourth-order valence-electron chi connectivity index (χ4n) is 1.95. The van der Waals surface area contributed by atoms with Crippen LogP contribution in [0.4, 0.5) is 5.69 Å². The van der Waals surface area contributed by atoms with Gasteiger partial charge >= 0.3 is 0 Å². The molecule has 1 fully saturated rings. The summed E-state index contributed by atoms with van der Waals surface area (Å²) in [6.45, 7) is 6.76. The van der Waals surface area contributed by atoms with Crippen molar-refractivity contribution in [1.82, 2.24) is 5.32 Å². The highest BCUT2D eigenvalue weighted by molar-refractivity contribution is 7.80. The Morgan fingerprint density at radius 2 is 2.15 bits per heavy atom. The van der Waals surface area contributed by atoms with E-state index in [4.69, 9.17) is 17.0 Å². The second-order valence-electron chi connectivity index (χ2n) is 5.57. The largest absolute Gasteiger partial charge is 0.381 e. The van der Waals surface area contributed by atoms with Crippen molar-refractivity contribution in [3.8, 4) is 0 Å². The molecule has 1 aliphatic rings. The monoisotopic (exact) mass is 292 g/mol. The van der Waals surface area contributed by atoms with Crippen molar-refractivity contribution in [2.75, 3.05) is 25.1 Å². The Labute approximate surface area is 127 Å². The molecule has 0 radical (unpaired) electrons. The molecule has 0 aromatic heterocycles. The first-order chi connectivity index (χ1) is 9.65. The molecule has 1 aromatic carbocycles. The summed E-state index contributed by atoms with van der Waals surface area (Å²) in [6, 6.07) is 6.32. The number of hydrogen-bond donors (Lipinski definition) is 2. The van der Waals surface area contributed by atoms with E-state index < -0.39 is 0 Å². The highest BCUT2D eigenvalue weighted by Crippen LogP contribution is 2.28. The van der Waals surface area contributed by atoms with E-state index >= 15 is 0 Å². The second kappa shape index (κ2) is 7.60. The molecule has 2 rings (SSSR count). The number of nitrogens with one attached hydrogen (secondary N) is 2. The number of aryl methyl sites for hydroxylation is 2. The lowest BCUT2D eigenvalue weighted by molar-refractivity contribution is 0.123. The van der Waals surface area contributed by atoms with E-state index in [0.717, 1.165) is 37.8 Å². The zero-order valence-electron chi connectivity index (χ0n) is 12.4. The predicted molar refractivity (Wildman–Crippen MR) is 88.3 cm³/mol. The Kier molecular flexibility index (Phi) is 5.80. The first kappa shape index (κ1) is 15.3. The summed E-state index contributed by atoms with van der Waals surface area (Å²) in [4.78, 5) is 0. The summed E-state index contributed by atoms with van der Waals surface area (Å²) in [5.74, 6) is 0.843. The number of hydrogen-bond acceptors (Lipinski definition) is 2. The molecular weight excluding hydrogens is 268 g/mol. The quantitative estimate of drug-likeness (QED) is 0.596. The smallest absolute Gasteiger partial charge is 0.170 e. The topological polar surface area (TPSA) is 33.3 Å². The van der Waals surface area contributed by atoms with Crippen LogP contribution in [0.3, 0.4) is 0 Å². The van der Waals surface area contributed by atoms with Crippen molar-refractivity contribution in [1.29, 1.82) is 0 Å². The third-order valence-electron chi connectivity index (χ3n) is 3.44. The molecule has 1 aliphatic carbocycles. The zero-order chi connectivity index (χ0) is 14.4. The molecule has 0 bridgehead atoms. The first-order valence-electron chi connectivity index (χ1n) is 7.35. The lowest BCUT2D eigenvalue weighted by atomic mass is 10.1. The van der Waals surface area contributed by atoms with Gasteiger partial charge in [-0.25, -0.2) is 0 Å². The summed E-state index contributed by atoms with van der Waals surface area (Å²) in [7, 11) is 0. The zero-order valence-corrected chi connectivity index (χ0v) is 13.2. The molecule has 1 saturated carbocycles. The van der Waals surface area contributed by atoms with Crippen molar-refractivity contribution < 1.29 is 4.74 Å². The molecule has 1 aromatic rings. The SMILES string of the molecule is Cc1ccc(C)c(NC(=S)NCCCOCC2CC2)c1. The number of benzene rings is 1. The minimum absolute atomic E-state index is 0.681. The average molecular weight is 292 g/mol. The molecule has 0 amide bonds. The van der Waals surface area contributed by atoms with Gasteiger partial charge in [0.1, 0.15) is 0 Å². The average Bonchev–Trinajstić information content (AvgIpc) is 3.22. The van der Waals surface area contributed by atoms with Crippen molar-refractivity contribution in [3.63, 3.8) is 0 Å². The maximum atomic E-state index is 5.59. The number of thiocarbonyl (C=S) groups is 1. The van der Waals surface area contributed by atoms with E-state index in [9.17, 15) is 0 Å². The lowest BCUT2D eigenvalue weighted by Crippen LogP contribution is -2.30. The van der Waals surface area contributed by atoms with E-state index in [1.54, 1.807) is 0 Å². The third-order valence-corrected chi connectivity index (χ3v) is 3.69. The van der Waals surface area contributed by atoms with Crippen LogP contribution in [-0.4, -0.2) is 24.9 Å². The highest BCUT2D eigenvalue weighted by Gasteiger charge is 2.20. The van der Waals surface area contributed by atoms with E-state index in [0.29, 0.717) is 5.11 Å². The molecule has 20 heavy (non-hydrogen) atoms. The van der Waals surface area contributed by atoms with Gasteiger partial charge in [-0.05, 0) is 68.4 Å². The van der Waals surface area contributed by atoms with Crippen LogP contribution in [0.1, 0.15) is 30.4 Å².